The van der Waals surface area contributed by atoms with E-state index in [2.05, 4.69) is 20.7 Å². The van der Waals surface area contributed by atoms with Crippen molar-refractivity contribution < 1.29 is 17.9 Å². The zero-order valence-corrected chi connectivity index (χ0v) is 13.3. The van der Waals surface area contributed by atoms with Gasteiger partial charge in [-0.2, -0.15) is 4.72 Å². The lowest BCUT2D eigenvalue weighted by Gasteiger charge is -2.14. The van der Waals surface area contributed by atoms with Gasteiger partial charge in [-0.3, -0.25) is 4.79 Å². The van der Waals surface area contributed by atoms with Gasteiger partial charge in [-0.15, -0.1) is 0 Å². The summed E-state index contributed by atoms with van der Waals surface area (Å²) in [7, 11) is -3.77. The number of carbonyl (C=O) groups excluding carboxylic acids is 1. The monoisotopic (exact) mass is 349 g/mol. The number of hydrogen-bond donors (Lipinski definition) is 1. The summed E-state index contributed by atoms with van der Waals surface area (Å²) in [5, 5.41) is 0. The maximum Gasteiger partial charge on any atom is 0.323 e. The van der Waals surface area contributed by atoms with Crippen LogP contribution in [0.15, 0.2) is 27.6 Å². The Morgan fingerprint density at radius 1 is 1.47 bits per heavy atom. The van der Waals surface area contributed by atoms with E-state index in [9.17, 15) is 13.2 Å². The molecule has 5 nitrogen and oxygen atoms in total. The van der Waals surface area contributed by atoms with Gasteiger partial charge in [0.25, 0.3) is 0 Å². The summed E-state index contributed by atoms with van der Waals surface area (Å²) in [5.41, 5.74) is 0.935. The van der Waals surface area contributed by atoms with Crippen LogP contribution in [0.3, 0.4) is 0 Å². The average molecular weight is 350 g/mol. The number of rotatable bonds is 5. The summed E-state index contributed by atoms with van der Waals surface area (Å²) in [6.07, 6.45) is 0. The Bertz CT molecular complexity index is 571. The molecule has 1 atom stereocenters. The maximum absolute atomic E-state index is 12.1. The minimum absolute atomic E-state index is 0.0919. The first kappa shape index (κ1) is 16.1. The Labute approximate surface area is 121 Å². The number of carbonyl (C=O) groups is 1. The predicted octanol–water partition coefficient (Wildman–Crippen LogP) is 1.99. The van der Waals surface area contributed by atoms with Gasteiger partial charge in [-0.05, 0) is 54.4 Å². The van der Waals surface area contributed by atoms with Crippen molar-refractivity contribution in [3.8, 4) is 0 Å². The van der Waals surface area contributed by atoms with Gasteiger partial charge < -0.3 is 4.74 Å². The first-order chi connectivity index (χ1) is 8.77. The third-order valence-electron chi connectivity index (χ3n) is 2.35. The Morgan fingerprint density at radius 2 is 2.11 bits per heavy atom. The summed E-state index contributed by atoms with van der Waals surface area (Å²) >= 11 is 3.21. The fourth-order valence-corrected chi connectivity index (χ4v) is 3.82. The van der Waals surface area contributed by atoms with Crippen LogP contribution in [0.4, 0.5) is 0 Å². The van der Waals surface area contributed by atoms with Crippen LogP contribution in [0.1, 0.15) is 19.4 Å². The summed E-state index contributed by atoms with van der Waals surface area (Å²) in [6.45, 7) is 5.17. The van der Waals surface area contributed by atoms with Crippen molar-refractivity contribution in [1.82, 2.24) is 4.72 Å². The van der Waals surface area contributed by atoms with Crippen LogP contribution in [0.25, 0.3) is 0 Å². The quantitative estimate of drug-likeness (QED) is 0.825. The summed E-state index contributed by atoms with van der Waals surface area (Å²) in [6, 6.07) is 3.94. The highest BCUT2D eigenvalue weighted by atomic mass is 79.9. The van der Waals surface area contributed by atoms with Crippen molar-refractivity contribution in [1.29, 1.82) is 0 Å². The van der Waals surface area contributed by atoms with Crippen LogP contribution in [0, 0.1) is 6.92 Å². The van der Waals surface area contributed by atoms with E-state index >= 15 is 0 Å². The molecule has 0 amide bonds. The smallest absolute Gasteiger partial charge is 0.323 e. The number of ether oxygens (including phenoxy) is 1. The zero-order chi connectivity index (χ0) is 14.6. The van der Waals surface area contributed by atoms with Gasteiger partial charge in [-0.25, -0.2) is 8.42 Å². The molecule has 0 fully saturated rings. The highest BCUT2D eigenvalue weighted by molar-refractivity contribution is 9.10. The third-order valence-corrected chi connectivity index (χ3v) is 4.87. The summed E-state index contributed by atoms with van der Waals surface area (Å²) in [5.74, 6) is -0.602. The van der Waals surface area contributed by atoms with Crippen LogP contribution >= 0.6 is 15.9 Å². The number of halogens is 1. The van der Waals surface area contributed by atoms with Gasteiger partial charge in [0.05, 0.1) is 11.5 Å². The average Bonchev–Trinajstić information content (AvgIpc) is 2.27. The van der Waals surface area contributed by atoms with Crippen molar-refractivity contribution in [3.63, 3.8) is 0 Å². The van der Waals surface area contributed by atoms with E-state index in [-0.39, 0.29) is 11.5 Å². The molecule has 0 heterocycles. The first-order valence-electron chi connectivity index (χ1n) is 5.73. The Balaban J connectivity index is 2.95. The van der Waals surface area contributed by atoms with Gasteiger partial charge in [0, 0.05) is 4.47 Å². The molecule has 0 radical (unpaired) electrons. The van der Waals surface area contributed by atoms with Crippen LogP contribution < -0.4 is 4.72 Å². The largest absolute Gasteiger partial charge is 0.465 e. The molecule has 0 aliphatic carbocycles. The lowest BCUT2D eigenvalue weighted by Crippen LogP contribution is -2.39. The second kappa shape index (κ2) is 6.49. The lowest BCUT2D eigenvalue weighted by atomic mass is 10.2. The second-order valence-electron chi connectivity index (χ2n) is 4.03. The molecule has 1 aromatic rings. The Morgan fingerprint density at radius 3 is 2.63 bits per heavy atom. The Kier molecular flexibility index (Phi) is 5.51. The van der Waals surface area contributed by atoms with Crippen LogP contribution in [-0.4, -0.2) is 27.0 Å². The predicted molar refractivity (Wildman–Crippen MR) is 75.3 cm³/mol. The number of hydrogen-bond acceptors (Lipinski definition) is 4. The molecule has 106 valence electrons. The van der Waals surface area contributed by atoms with E-state index in [0.717, 1.165) is 5.56 Å². The molecule has 19 heavy (non-hydrogen) atoms. The minimum atomic E-state index is -3.77. The number of sulfonamides is 1. The minimum Gasteiger partial charge on any atom is -0.465 e. The van der Waals surface area contributed by atoms with E-state index in [0.29, 0.717) is 4.47 Å². The summed E-state index contributed by atoms with van der Waals surface area (Å²) in [4.78, 5) is 11.5. The zero-order valence-electron chi connectivity index (χ0n) is 10.9. The van der Waals surface area contributed by atoms with Gasteiger partial charge in [0.2, 0.25) is 10.0 Å². The van der Waals surface area contributed by atoms with E-state index in [1.54, 1.807) is 19.1 Å². The van der Waals surface area contributed by atoms with E-state index in [1.165, 1.54) is 13.0 Å². The number of esters is 1. The summed E-state index contributed by atoms with van der Waals surface area (Å²) < 4.78 is 31.8. The molecule has 0 aromatic heterocycles. The number of benzene rings is 1. The molecular formula is C12H16BrNO4S. The van der Waals surface area contributed by atoms with E-state index in [1.807, 2.05) is 6.92 Å². The highest BCUT2D eigenvalue weighted by Crippen LogP contribution is 2.23. The van der Waals surface area contributed by atoms with Crippen LogP contribution in [0.5, 0.6) is 0 Å². The van der Waals surface area contributed by atoms with Crippen LogP contribution in [-0.2, 0) is 19.6 Å². The van der Waals surface area contributed by atoms with Crippen molar-refractivity contribution >= 4 is 31.9 Å². The van der Waals surface area contributed by atoms with E-state index in [4.69, 9.17) is 4.74 Å². The fraction of sp³-hybridized carbons (Fsp3) is 0.417. The SMILES string of the molecule is CCOC(=O)C(C)NS(=O)(=O)c1ccc(C)cc1Br. The maximum atomic E-state index is 12.1. The molecule has 0 aliphatic rings. The Hall–Kier alpha value is -0.920. The molecular weight excluding hydrogens is 334 g/mol. The number of nitrogens with one attached hydrogen (secondary N) is 1. The second-order valence-corrected chi connectivity index (χ2v) is 6.57. The molecule has 0 aliphatic heterocycles. The van der Waals surface area contributed by atoms with Gasteiger partial charge in [0.15, 0.2) is 0 Å². The standard InChI is InChI=1S/C12H16BrNO4S/c1-4-18-12(15)9(3)14-19(16,17)11-6-5-8(2)7-10(11)13/h5-7,9,14H,4H2,1-3H3. The van der Waals surface area contributed by atoms with Gasteiger partial charge in [-0.1, -0.05) is 6.07 Å². The highest BCUT2D eigenvalue weighted by Gasteiger charge is 2.24. The molecule has 0 spiro atoms. The topological polar surface area (TPSA) is 72.5 Å². The van der Waals surface area contributed by atoms with Crippen molar-refractivity contribution in [2.24, 2.45) is 0 Å². The van der Waals surface area contributed by atoms with Crippen molar-refractivity contribution in [2.75, 3.05) is 6.61 Å². The molecule has 0 bridgehead atoms. The normalized spacial score (nSPS) is 13.1. The van der Waals surface area contributed by atoms with Crippen LogP contribution in [0.2, 0.25) is 0 Å². The molecule has 7 heteroatoms. The fourth-order valence-electron chi connectivity index (χ4n) is 1.44. The molecule has 0 saturated heterocycles. The van der Waals surface area contributed by atoms with Crippen molar-refractivity contribution in [3.05, 3.63) is 28.2 Å². The van der Waals surface area contributed by atoms with Gasteiger partial charge >= 0.3 is 5.97 Å². The third kappa shape index (κ3) is 4.29. The molecule has 1 aromatic carbocycles. The lowest BCUT2D eigenvalue weighted by molar-refractivity contribution is -0.144. The first-order valence-corrected chi connectivity index (χ1v) is 8.00. The molecule has 1 N–H and O–H groups in total. The van der Waals surface area contributed by atoms with E-state index < -0.39 is 22.0 Å². The van der Waals surface area contributed by atoms with Crippen molar-refractivity contribution in [2.45, 2.75) is 31.7 Å². The molecule has 1 unspecified atom stereocenters. The van der Waals surface area contributed by atoms with Gasteiger partial charge in [0.1, 0.15) is 6.04 Å². The molecule has 1 rings (SSSR count). The number of aryl methyl sites for hydroxylation is 1. The molecule has 0 saturated carbocycles.